The Hall–Kier alpha value is -1.65. The summed E-state index contributed by atoms with van der Waals surface area (Å²) in [5, 5.41) is 0. The average molecular weight is 216 g/mol. The largest absolute Gasteiger partial charge is 0.514 e. The second-order valence-corrected chi connectivity index (χ2v) is 2.84. The van der Waals surface area contributed by atoms with E-state index in [4.69, 9.17) is 0 Å². The van der Waals surface area contributed by atoms with E-state index in [1.807, 2.05) is 0 Å². The van der Waals surface area contributed by atoms with Crippen molar-refractivity contribution in [3.63, 3.8) is 0 Å². The van der Waals surface area contributed by atoms with Gasteiger partial charge in [-0.15, -0.1) is 0 Å². The number of carbonyl (C=O) groups is 1. The molecule has 0 heterocycles. The Bertz CT molecular complexity index is 354. The van der Waals surface area contributed by atoms with Crippen LogP contribution in [0.1, 0.15) is 12.5 Å². The molecule has 5 heteroatoms. The third kappa shape index (κ3) is 2.90. The number of hydrogen-bond donors (Lipinski definition) is 0. The average Bonchev–Trinajstić information content (AvgIpc) is 2.11. The molecule has 0 unspecified atom stereocenters. The molecule has 0 amide bonds. The van der Waals surface area contributed by atoms with Crippen LogP contribution in [-0.4, -0.2) is 12.8 Å². The lowest BCUT2D eigenvalue weighted by Crippen LogP contribution is -2.12. The second-order valence-electron chi connectivity index (χ2n) is 2.84. The molecule has 0 radical (unpaired) electrons. The number of aryl methyl sites for hydroxylation is 1. The first-order valence-corrected chi connectivity index (χ1v) is 4.34. The van der Waals surface area contributed by atoms with E-state index in [2.05, 4.69) is 9.47 Å². The van der Waals surface area contributed by atoms with Gasteiger partial charge in [-0.3, -0.25) is 0 Å². The first kappa shape index (κ1) is 11.4. The summed E-state index contributed by atoms with van der Waals surface area (Å²) < 4.78 is 35.0. The van der Waals surface area contributed by atoms with Gasteiger partial charge in [0.15, 0.2) is 11.6 Å². The molecule has 3 nitrogen and oxygen atoms in total. The Labute approximate surface area is 85.6 Å². The minimum absolute atomic E-state index is 0.0773. The zero-order valence-corrected chi connectivity index (χ0v) is 8.34. The van der Waals surface area contributed by atoms with E-state index in [9.17, 15) is 13.6 Å². The molecule has 0 aliphatic rings. The Kier molecular flexibility index (Phi) is 3.60. The molecule has 0 spiro atoms. The summed E-state index contributed by atoms with van der Waals surface area (Å²) in [7, 11) is 0. The van der Waals surface area contributed by atoms with Gasteiger partial charge in [-0.25, -0.2) is 13.6 Å². The van der Waals surface area contributed by atoms with Crippen molar-refractivity contribution in [1.29, 1.82) is 0 Å². The van der Waals surface area contributed by atoms with Gasteiger partial charge >= 0.3 is 6.16 Å². The summed E-state index contributed by atoms with van der Waals surface area (Å²) in [6.45, 7) is 3.16. The molecule has 82 valence electrons. The van der Waals surface area contributed by atoms with Crippen LogP contribution in [0.3, 0.4) is 0 Å². The minimum atomic E-state index is -1.13. The van der Waals surface area contributed by atoms with Crippen molar-refractivity contribution in [3.05, 3.63) is 29.3 Å². The van der Waals surface area contributed by atoms with Crippen molar-refractivity contribution in [2.45, 2.75) is 13.8 Å². The van der Waals surface area contributed by atoms with E-state index >= 15 is 0 Å². The smallest absolute Gasteiger partial charge is 0.434 e. The molecule has 0 atom stereocenters. The van der Waals surface area contributed by atoms with Gasteiger partial charge in [0.05, 0.1) is 6.61 Å². The maximum Gasteiger partial charge on any atom is 0.514 e. The van der Waals surface area contributed by atoms with Crippen molar-refractivity contribution >= 4 is 6.16 Å². The highest BCUT2D eigenvalue weighted by atomic mass is 19.1. The van der Waals surface area contributed by atoms with Crippen molar-refractivity contribution in [2.24, 2.45) is 0 Å². The van der Waals surface area contributed by atoms with Crippen LogP contribution in [0, 0.1) is 18.6 Å². The lowest BCUT2D eigenvalue weighted by atomic mass is 10.2. The molecule has 0 saturated heterocycles. The van der Waals surface area contributed by atoms with Gasteiger partial charge in [-0.2, -0.15) is 0 Å². The highest BCUT2D eigenvalue weighted by Crippen LogP contribution is 2.23. The maximum atomic E-state index is 13.1. The summed E-state index contributed by atoms with van der Waals surface area (Å²) in [6, 6.07) is 2.13. The molecule has 0 N–H and O–H groups in total. The monoisotopic (exact) mass is 216 g/mol. The third-order valence-corrected chi connectivity index (χ3v) is 1.59. The molecule has 0 aromatic heterocycles. The van der Waals surface area contributed by atoms with Crippen molar-refractivity contribution < 1.29 is 23.0 Å². The predicted molar refractivity (Wildman–Crippen MR) is 48.7 cm³/mol. The van der Waals surface area contributed by atoms with Crippen LogP contribution in [0.2, 0.25) is 0 Å². The van der Waals surface area contributed by atoms with E-state index in [0.29, 0.717) is 5.56 Å². The third-order valence-electron chi connectivity index (χ3n) is 1.59. The summed E-state index contributed by atoms with van der Waals surface area (Å²) in [5.74, 6) is -2.60. The van der Waals surface area contributed by atoms with Gasteiger partial charge < -0.3 is 9.47 Å². The molecule has 0 aliphatic heterocycles. The van der Waals surface area contributed by atoms with E-state index in [1.165, 1.54) is 6.92 Å². The van der Waals surface area contributed by atoms with Crippen molar-refractivity contribution in [2.75, 3.05) is 6.61 Å². The molecule has 1 aromatic rings. The van der Waals surface area contributed by atoms with Crippen molar-refractivity contribution in [3.8, 4) is 5.75 Å². The SMILES string of the molecule is CCOC(=O)Oc1c(F)cc(C)cc1F. The highest BCUT2D eigenvalue weighted by molar-refractivity contribution is 5.64. The van der Waals surface area contributed by atoms with E-state index in [1.54, 1.807) is 6.92 Å². The Morgan fingerprint density at radius 1 is 1.33 bits per heavy atom. The van der Waals surface area contributed by atoms with Crippen LogP contribution >= 0.6 is 0 Å². The molecule has 0 bridgehead atoms. The van der Waals surface area contributed by atoms with Crippen LogP contribution in [0.4, 0.5) is 13.6 Å². The Balaban J connectivity index is 2.90. The molecule has 1 aromatic carbocycles. The van der Waals surface area contributed by atoms with Crippen LogP contribution in [-0.2, 0) is 4.74 Å². The number of benzene rings is 1. The number of hydrogen-bond acceptors (Lipinski definition) is 3. The highest BCUT2D eigenvalue weighted by Gasteiger charge is 2.15. The maximum absolute atomic E-state index is 13.1. The van der Waals surface area contributed by atoms with Gasteiger partial charge in [-0.05, 0) is 31.5 Å². The molecular weight excluding hydrogens is 206 g/mol. The van der Waals surface area contributed by atoms with Crippen LogP contribution < -0.4 is 4.74 Å². The van der Waals surface area contributed by atoms with Crippen LogP contribution in [0.5, 0.6) is 5.75 Å². The lowest BCUT2D eigenvalue weighted by molar-refractivity contribution is 0.101. The van der Waals surface area contributed by atoms with Gasteiger partial charge in [0.25, 0.3) is 0 Å². The number of ether oxygens (including phenoxy) is 2. The zero-order valence-electron chi connectivity index (χ0n) is 8.34. The number of rotatable bonds is 2. The first-order chi connectivity index (χ1) is 7.04. The van der Waals surface area contributed by atoms with Gasteiger partial charge in [0.2, 0.25) is 5.75 Å². The molecule has 0 fully saturated rings. The lowest BCUT2D eigenvalue weighted by Gasteiger charge is -2.06. The van der Waals surface area contributed by atoms with Gasteiger partial charge in [0.1, 0.15) is 0 Å². The minimum Gasteiger partial charge on any atom is -0.434 e. The van der Waals surface area contributed by atoms with Crippen molar-refractivity contribution in [1.82, 2.24) is 0 Å². The van der Waals surface area contributed by atoms with Crippen LogP contribution in [0.15, 0.2) is 12.1 Å². The summed E-state index contributed by atoms with van der Waals surface area (Å²) >= 11 is 0. The topological polar surface area (TPSA) is 35.5 Å². The van der Waals surface area contributed by atoms with Gasteiger partial charge in [-0.1, -0.05) is 0 Å². The molecule has 0 aliphatic carbocycles. The van der Waals surface area contributed by atoms with Crippen LogP contribution in [0.25, 0.3) is 0 Å². The summed E-state index contributed by atoms with van der Waals surface area (Å²) in [4.78, 5) is 10.8. The first-order valence-electron chi connectivity index (χ1n) is 4.34. The number of halogens is 2. The predicted octanol–water partition coefficient (Wildman–Crippen LogP) is 2.81. The molecular formula is C10H10F2O3. The zero-order chi connectivity index (χ0) is 11.4. The standard InChI is InChI=1S/C10H10F2O3/c1-3-14-10(13)15-9-7(11)4-6(2)5-8(9)12/h4-5H,3H2,1-2H3. The quantitative estimate of drug-likeness (QED) is 0.563. The number of carbonyl (C=O) groups excluding carboxylic acids is 1. The fraction of sp³-hybridized carbons (Fsp3) is 0.300. The van der Waals surface area contributed by atoms with E-state index in [-0.39, 0.29) is 6.61 Å². The Morgan fingerprint density at radius 3 is 2.33 bits per heavy atom. The second kappa shape index (κ2) is 4.72. The summed E-state index contributed by atoms with van der Waals surface area (Å²) in [5.41, 5.74) is 0.404. The van der Waals surface area contributed by atoms with E-state index < -0.39 is 23.5 Å². The fourth-order valence-electron chi connectivity index (χ4n) is 1.01. The van der Waals surface area contributed by atoms with E-state index in [0.717, 1.165) is 12.1 Å². The summed E-state index contributed by atoms with van der Waals surface area (Å²) in [6.07, 6.45) is -1.13. The Morgan fingerprint density at radius 2 is 1.87 bits per heavy atom. The normalized spacial score (nSPS) is 9.87. The molecule has 1 rings (SSSR count). The fourth-order valence-corrected chi connectivity index (χ4v) is 1.01. The molecule has 15 heavy (non-hydrogen) atoms. The van der Waals surface area contributed by atoms with Gasteiger partial charge in [0, 0.05) is 0 Å². The molecule has 0 saturated carbocycles.